The summed E-state index contributed by atoms with van der Waals surface area (Å²) in [5.41, 5.74) is 6.81. The van der Waals surface area contributed by atoms with Gasteiger partial charge in [0, 0.05) is 11.3 Å². The zero-order chi connectivity index (χ0) is 13.4. The zero-order valence-electron chi connectivity index (χ0n) is 11.0. The van der Waals surface area contributed by atoms with E-state index in [1.807, 2.05) is 0 Å². The molecule has 0 radical (unpaired) electrons. The molecule has 2 aliphatic carbocycles. The first-order valence-corrected chi connectivity index (χ1v) is 7.91. The molecule has 1 saturated carbocycles. The Morgan fingerprint density at radius 2 is 2.05 bits per heavy atom. The number of nitrogens with zero attached hydrogens (tertiary/aromatic N) is 1. The Kier molecular flexibility index (Phi) is 3.58. The Labute approximate surface area is 117 Å². The predicted octanol–water partition coefficient (Wildman–Crippen LogP) is 2.00. The number of aromatic nitrogens is 1. The molecule has 3 atom stereocenters. The lowest BCUT2D eigenvalue weighted by Gasteiger charge is -2.34. The van der Waals surface area contributed by atoms with Crippen molar-refractivity contribution in [2.24, 2.45) is 17.6 Å². The van der Waals surface area contributed by atoms with Gasteiger partial charge in [0.1, 0.15) is 6.04 Å². The van der Waals surface area contributed by atoms with E-state index < -0.39 is 12.0 Å². The van der Waals surface area contributed by atoms with Crippen LogP contribution in [0.3, 0.4) is 0 Å². The molecule has 0 amide bonds. The molecule has 19 heavy (non-hydrogen) atoms. The van der Waals surface area contributed by atoms with Gasteiger partial charge in [-0.2, -0.15) is 0 Å². The third kappa shape index (κ3) is 2.67. The van der Waals surface area contributed by atoms with Crippen LogP contribution in [0.1, 0.15) is 41.3 Å². The molecular weight excluding hydrogens is 260 g/mol. The standard InChI is InChI=1S/C14H20N2O2S/c15-10(14(17)18)7-13-16-11-5-8-3-1-2-4-9(8)6-12(11)19-13/h8-10H,1-7,15H2,(H,17,18)/t8?,9?,10-/m1/s1. The molecule has 0 aliphatic heterocycles. The van der Waals surface area contributed by atoms with Crippen molar-refractivity contribution in [2.75, 3.05) is 0 Å². The van der Waals surface area contributed by atoms with E-state index in [0.29, 0.717) is 6.42 Å². The SMILES string of the molecule is N[C@H](Cc1nc2c(s1)CC1CCCCC1C2)C(=O)O. The molecule has 1 aromatic heterocycles. The molecule has 4 nitrogen and oxygen atoms in total. The number of carboxylic acid groups (broad SMARTS) is 1. The van der Waals surface area contributed by atoms with Crippen LogP contribution in [0.4, 0.5) is 0 Å². The summed E-state index contributed by atoms with van der Waals surface area (Å²) in [4.78, 5) is 16.8. The van der Waals surface area contributed by atoms with Gasteiger partial charge in [-0.05, 0) is 37.5 Å². The Morgan fingerprint density at radius 1 is 1.37 bits per heavy atom. The monoisotopic (exact) mass is 280 g/mol. The minimum atomic E-state index is -0.943. The summed E-state index contributed by atoms with van der Waals surface area (Å²) in [5, 5.41) is 9.77. The first-order chi connectivity index (χ1) is 9.13. The van der Waals surface area contributed by atoms with Crippen molar-refractivity contribution < 1.29 is 9.90 Å². The summed E-state index contributed by atoms with van der Waals surface area (Å²) in [6, 6.07) is -0.824. The topological polar surface area (TPSA) is 76.2 Å². The van der Waals surface area contributed by atoms with E-state index in [-0.39, 0.29) is 0 Å². The van der Waals surface area contributed by atoms with Gasteiger partial charge >= 0.3 is 5.97 Å². The number of rotatable bonds is 3. The summed E-state index contributed by atoms with van der Waals surface area (Å²) in [7, 11) is 0. The highest BCUT2D eigenvalue weighted by atomic mass is 32.1. The zero-order valence-corrected chi connectivity index (χ0v) is 11.8. The largest absolute Gasteiger partial charge is 0.480 e. The van der Waals surface area contributed by atoms with E-state index in [0.717, 1.165) is 29.7 Å². The number of thiazole rings is 1. The summed E-state index contributed by atoms with van der Waals surface area (Å²) in [5.74, 6) is 0.703. The van der Waals surface area contributed by atoms with Gasteiger partial charge < -0.3 is 10.8 Å². The van der Waals surface area contributed by atoms with Gasteiger partial charge in [-0.25, -0.2) is 4.98 Å². The molecule has 1 aromatic rings. The smallest absolute Gasteiger partial charge is 0.320 e. The lowest BCUT2D eigenvalue weighted by molar-refractivity contribution is -0.138. The molecule has 1 fully saturated rings. The molecule has 0 aromatic carbocycles. The lowest BCUT2D eigenvalue weighted by atomic mass is 9.72. The molecule has 3 rings (SSSR count). The molecule has 0 spiro atoms. The first-order valence-electron chi connectivity index (χ1n) is 7.09. The van der Waals surface area contributed by atoms with Gasteiger partial charge in [0.05, 0.1) is 10.7 Å². The second-order valence-corrected chi connectivity index (χ2v) is 7.01. The van der Waals surface area contributed by atoms with Crippen LogP contribution in [0.25, 0.3) is 0 Å². The van der Waals surface area contributed by atoms with Crippen LogP contribution in [0.15, 0.2) is 0 Å². The number of hydrogen-bond acceptors (Lipinski definition) is 4. The highest BCUT2D eigenvalue weighted by Crippen LogP contribution is 2.41. The fraction of sp³-hybridized carbons (Fsp3) is 0.714. The number of hydrogen-bond donors (Lipinski definition) is 2. The van der Waals surface area contributed by atoms with Crippen LogP contribution in [-0.2, 0) is 24.1 Å². The predicted molar refractivity (Wildman–Crippen MR) is 74.3 cm³/mol. The van der Waals surface area contributed by atoms with E-state index in [1.54, 1.807) is 11.3 Å². The average Bonchev–Trinajstić information content (AvgIpc) is 2.76. The quantitative estimate of drug-likeness (QED) is 0.888. The Morgan fingerprint density at radius 3 is 2.74 bits per heavy atom. The number of nitrogens with two attached hydrogens (primary N) is 1. The summed E-state index contributed by atoms with van der Waals surface area (Å²) >= 11 is 1.68. The van der Waals surface area contributed by atoms with Gasteiger partial charge in [-0.3, -0.25) is 4.79 Å². The first kappa shape index (κ1) is 13.1. The molecule has 2 aliphatic rings. The summed E-state index contributed by atoms with van der Waals surface area (Å²) in [6.45, 7) is 0. The molecule has 1 heterocycles. The summed E-state index contributed by atoms with van der Waals surface area (Å²) < 4.78 is 0. The van der Waals surface area contributed by atoms with E-state index >= 15 is 0 Å². The van der Waals surface area contributed by atoms with E-state index in [2.05, 4.69) is 4.98 Å². The van der Waals surface area contributed by atoms with Crippen molar-refractivity contribution in [1.29, 1.82) is 0 Å². The highest BCUT2D eigenvalue weighted by molar-refractivity contribution is 7.11. The van der Waals surface area contributed by atoms with Crippen LogP contribution in [0.5, 0.6) is 0 Å². The maximum Gasteiger partial charge on any atom is 0.320 e. The molecule has 104 valence electrons. The summed E-state index contributed by atoms with van der Waals surface area (Å²) in [6.07, 6.45) is 8.03. The van der Waals surface area contributed by atoms with Crippen LogP contribution in [0.2, 0.25) is 0 Å². The van der Waals surface area contributed by atoms with Crippen molar-refractivity contribution in [3.63, 3.8) is 0 Å². The van der Waals surface area contributed by atoms with Crippen molar-refractivity contribution >= 4 is 17.3 Å². The van der Waals surface area contributed by atoms with E-state index in [1.165, 1.54) is 36.3 Å². The number of carboxylic acids is 1. The van der Waals surface area contributed by atoms with Crippen LogP contribution < -0.4 is 5.73 Å². The second-order valence-electron chi connectivity index (χ2n) is 5.84. The van der Waals surface area contributed by atoms with Crippen molar-refractivity contribution in [1.82, 2.24) is 4.98 Å². The third-order valence-electron chi connectivity index (χ3n) is 4.50. The fourth-order valence-electron chi connectivity index (χ4n) is 3.43. The second kappa shape index (κ2) is 5.21. The molecule has 3 N–H and O–H groups in total. The molecule has 0 bridgehead atoms. The van der Waals surface area contributed by atoms with Gasteiger partial charge in [-0.15, -0.1) is 11.3 Å². The fourth-order valence-corrected chi connectivity index (χ4v) is 4.67. The molecule has 0 saturated heterocycles. The molecule has 5 heteroatoms. The minimum Gasteiger partial charge on any atom is -0.480 e. The Hall–Kier alpha value is -0.940. The van der Waals surface area contributed by atoms with Crippen molar-refractivity contribution in [3.05, 3.63) is 15.6 Å². The molecular formula is C14H20N2O2S. The van der Waals surface area contributed by atoms with Crippen LogP contribution in [0, 0.1) is 11.8 Å². The van der Waals surface area contributed by atoms with Gasteiger partial charge in [0.15, 0.2) is 0 Å². The molecule has 2 unspecified atom stereocenters. The number of aliphatic carboxylic acids is 1. The third-order valence-corrected chi connectivity index (χ3v) is 5.65. The van der Waals surface area contributed by atoms with Crippen molar-refractivity contribution in [3.8, 4) is 0 Å². The van der Waals surface area contributed by atoms with Gasteiger partial charge in [-0.1, -0.05) is 12.8 Å². The van der Waals surface area contributed by atoms with Crippen LogP contribution >= 0.6 is 11.3 Å². The van der Waals surface area contributed by atoms with Crippen LogP contribution in [-0.4, -0.2) is 22.1 Å². The van der Waals surface area contributed by atoms with Gasteiger partial charge in [0.2, 0.25) is 0 Å². The minimum absolute atomic E-state index is 0.363. The van der Waals surface area contributed by atoms with Crippen molar-refractivity contribution in [2.45, 2.75) is 51.0 Å². The maximum atomic E-state index is 10.8. The van der Waals surface area contributed by atoms with E-state index in [4.69, 9.17) is 10.8 Å². The Bertz CT molecular complexity index is 454. The van der Waals surface area contributed by atoms with Gasteiger partial charge in [0.25, 0.3) is 0 Å². The Balaban J connectivity index is 1.75. The average molecular weight is 280 g/mol. The highest BCUT2D eigenvalue weighted by Gasteiger charge is 2.32. The normalized spacial score (nSPS) is 27.4. The lowest BCUT2D eigenvalue weighted by Crippen LogP contribution is -2.32. The number of fused-ring (bicyclic) bond motifs is 2. The van der Waals surface area contributed by atoms with E-state index in [9.17, 15) is 4.79 Å². The maximum absolute atomic E-state index is 10.8. The number of carbonyl (C=O) groups is 1.